The number of benzene rings is 2. The van der Waals surface area contributed by atoms with Gasteiger partial charge in [-0.3, -0.25) is 4.79 Å². The molecule has 2 amide bonds. The number of aliphatic carboxylic acids is 1. The maximum atomic E-state index is 12.8. The second kappa shape index (κ2) is 8.89. The van der Waals surface area contributed by atoms with Crippen molar-refractivity contribution in [1.29, 1.82) is 0 Å². The summed E-state index contributed by atoms with van der Waals surface area (Å²) < 4.78 is 5.58. The lowest BCUT2D eigenvalue weighted by Gasteiger charge is -2.41. The fourth-order valence-electron chi connectivity index (χ4n) is 5.43. The van der Waals surface area contributed by atoms with E-state index >= 15 is 0 Å². The second-order valence-corrected chi connectivity index (χ2v) is 9.22. The topological polar surface area (TPSA) is 95.9 Å². The van der Waals surface area contributed by atoms with Gasteiger partial charge in [0.25, 0.3) is 0 Å². The van der Waals surface area contributed by atoms with E-state index in [9.17, 15) is 19.5 Å². The molecule has 0 bridgehead atoms. The van der Waals surface area contributed by atoms with Crippen molar-refractivity contribution in [3.8, 4) is 11.1 Å². The number of hydrogen-bond acceptors (Lipinski definition) is 4. The van der Waals surface area contributed by atoms with E-state index in [1.807, 2.05) is 24.3 Å². The van der Waals surface area contributed by atoms with Crippen molar-refractivity contribution in [2.24, 2.45) is 5.92 Å². The van der Waals surface area contributed by atoms with E-state index < -0.39 is 18.1 Å². The number of amides is 2. The first-order valence-electron chi connectivity index (χ1n) is 11.7. The Morgan fingerprint density at radius 3 is 2.24 bits per heavy atom. The fourth-order valence-corrected chi connectivity index (χ4v) is 5.43. The Bertz CT molecular complexity index is 1030. The van der Waals surface area contributed by atoms with Crippen molar-refractivity contribution >= 4 is 18.0 Å². The van der Waals surface area contributed by atoms with E-state index in [1.54, 1.807) is 0 Å². The molecule has 1 atom stereocenters. The number of rotatable bonds is 5. The van der Waals surface area contributed by atoms with Gasteiger partial charge in [0.1, 0.15) is 12.6 Å². The molecule has 3 aliphatic rings. The third kappa shape index (κ3) is 4.08. The maximum Gasteiger partial charge on any atom is 0.407 e. The van der Waals surface area contributed by atoms with Gasteiger partial charge in [-0.2, -0.15) is 0 Å². The zero-order valence-corrected chi connectivity index (χ0v) is 18.4. The standard InChI is InChI=1S/C26H28N2O5/c29-24(28-12-6-5-11-23(28)25(30)31)16-13-17(14-16)27-26(32)33-15-22-20-9-3-1-7-18(20)19-8-2-4-10-21(19)22/h1-4,7-10,16-17,22-23H,5-6,11-15H2,(H,27,32)(H,30,31). The number of likely N-dealkylation sites (tertiary alicyclic amines) is 1. The van der Waals surface area contributed by atoms with Crippen LogP contribution in [0.4, 0.5) is 4.79 Å². The van der Waals surface area contributed by atoms with Gasteiger partial charge < -0.3 is 20.1 Å². The van der Waals surface area contributed by atoms with Crippen LogP contribution in [0.1, 0.15) is 49.1 Å². The van der Waals surface area contributed by atoms with Gasteiger partial charge in [0.15, 0.2) is 0 Å². The molecule has 5 rings (SSSR count). The summed E-state index contributed by atoms with van der Waals surface area (Å²) >= 11 is 0. The van der Waals surface area contributed by atoms with Gasteiger partial charge in [-0.1, -0.05) is 48.5 Å². The summed E-state index contributed by atoms with van der Waals surface area (Å²) in [5.74, 6) is -1.27. The van der Waals surface area contributed by atoms with E-state index in [1.165, 1.54) is 16.0 Å². The quantitative estimate of drug-likeness (QED) is 0.726. The number of carboxylic acid groups (broad SMARTS) is 1. The van der Waals surface area contributed by atoms with Gasteiger partial charge >= 0.3 is 12.1 Å². The summed E-state index contributed by atoms with van der Waals surface area (Å²) in [6, 6.07) is 15.5. The molecule has 7 heteroatoms. The first-order valence-corrected chi connectivity index (χ1v) is 11.7. The van der Waals surface area contributed by atoms with Gasteiger partial charge in [0.2, 0.25) is 5.91 Å². The van der Waals surface area contributed by atoms with Gasteiger partial charge in [0.05, 0.1) is 0 Å². The molecule has 1 unspecified atom stereocenters. The molecular formula is C26H28N2O5. The lowest BCUT2D eigenvalue weighted by atomic mass is 9.78. The van der Waals surface area contributed by atoms with Crippen molar-refractivity contribution in [3.05, 3.63) is 59.7 Å². The molecule has 172 valence electrons. The van der Waals surface area contributed by atoms with Crippen molar-refractivity contribution in [2.45, 2.75) is 50.1 Å². The molecule has 0 radical (unpaired) electrons. The maximum absolute atomic E-state index is 12.8. The molecule has 2 N–H and O–H groups in total. The molecule has 2 aliphatic carbocycles. The Labute approximate surface area is 192 Å². The molecule has 1 saturated carbocycles. The minimum absolute atomic E-state index is 0.00548. The van der Waals surface area contributed by atoms with Gasteiger partial charge in [-0.05, 0) is 54.4 Å². The molecular weight excluding hydrogens is 420 g/mol. The smallest absolute Gasteiger partial charge is 0.407 e. The highest BCUT2D eigenvalue weighted by Gasteiger charge is 2.42. The number of carbonyl (C=O) groups excluding carboxylic acids is 2. The third-order valence-corrected chi connectivity index (χ3v) is 7.22. The largest absolute Gasteiger partial charge is 0.480 e. The molecule has 7 nitrogen and oxygen atoms in total. The summed E-state index contributed by atoms with van der Waals surface area (Å²) in [6.45, 7) is 0.750. The first kappa shape index (κ1) is 21.5. The lowest BCUT2D eigenvalue weighted by molar-refractivity contribution is -0.155. The number of alkyl carbamates (subject to hydrolysis) is 1. The highest BCUT2D eigenvalue weighted by atomic mass is 16.5. The van der Waals surface area contributed by atoms with Crippen LogP contribution in [0.15, 0.2) is 48.5 Å². The predicted octanol–water partition coefficient (Wildman–Crippen LogP) is 3.77. The number of fused-ring (bicyclic) bond motifs is 3. The van der Waals surface area contributed by atoms with Crippen LogP contribution in [0.2, 0.25) is 0 Å². The van der Waals surface area contributed by atoms with E-state index in [-0.39, 0.29) is 30.4 Å². The normalized spacial score (nSPS) is 23.8. The molecule has 0 spiro atoms. The van der Waals surface area contributed by atoms with Crippen LogP contribution in [0.5, 0.6) is 0 Å². The van der Waals surface area contributed by atoms with Gasteiger partial charge in [-0.15, -0.1) is 0 Å². The lowest BCUT2D eigenvalue weighted by Crippen LogP contribution is -2.55. The zero-order valence-electron chi connectivity index (χ0n) is 18.4. The summed E-state index contributed by atoms with van der Waals surface area (Å²) in [5, 5.41) is 12.3. The Balaban J connectivity index is 1.13. The monoisotopic (exact) mass is 448 g/mol. The number of nitrogens with one attached hydrogen (secondary N) is 1. The average molecular weight is 449 g/mol. The minimum atomic E-state index is -0.935. The van der Waals surface area contributed by atoms with Gasteiger partial charge in [-0.25, -0.2) is 9.59 Å². The van der Waals surface area contributed by atoms with Crippen LogP contribution in [0.25, 0.3) is 11.1 Å². The van der Waals surface area contributed by atoms with E-state index in [4.69, 9.17) is 4.74 Å². The van der Waals surface area contributed by atoms with Crippen molar-refractivity contribution in [2.75, 3.05) is 13.2 Å². The third-order valence-electron chi connectivity index (χ3n) is 7.22. The Morgan fingerprint density at radius 2 is 1.61 bits per heavy atom. The molecule has 0 aromatic heterocycles. The van der Waals surface area contributed by atoms with E-state index in [2.05, 4.69) is 29.6 Å². The summed E-state index contributed by atoms with van der Waals surface area (Å²) in [6.07, 6.45) is 2.74. The molecule has 2 fully saturated rings. The first-order chi connectivity index (χ1) is 16.0. The predicted molar refractivity (Wildman–Crippen MR) is 122 cm³/mol. The average Bonchev–Trinajstić information content (AvgIpc) is 3.13. The van der Waals surface area contributed by atoms with E-state index in [0.717, 1.165) is 24.0 Å². The summed E-state index contributed by atoms with van der Waals surface area (Å²) in [4.78, 5) is 38.2. The highest BCUT2D eigenvalue weighted by Crippen LogP contribution is 2.44. The molecule has 33 heavy (non-hydrogen) atoms. The molecule has 1 aliphatic heterocycles. The summed E-state index contributed by atoms with van der Waals surface area (Å²) in [5.41, 5.74) is 4.69. The number of carbonyl (C=O) groups is 3. The molecule has 1 heterocycles. The second-order valence-electron chi connectivity index (χ2n) is 9.22. The van der Waals surface area contributed by atoms with Crippen LogP contribution in [0.3, 0.4) is 0 Å². The Hall–Kier alpha value is -3.35. The van der Waals surface area contributed by atoms with Crippen LogP contribution in [0, 0.1) is 5.92 Å². The van der Waals surface area contributed by atoms with Crippen molar-refractivity contribution < 1.29 is 24.2 Å². The number of nitrogens with zero attached hydrogens (tertiary/aromatic N) is 1. The number of piperidine rings is 1. The summed E-state index contributed by atoms with van der Waals surface area (Å²) in [7, 11) is 0. The van der Waals surface area contributed by atoms with Crippen LogP contribution < -0.4 is 5.32 Å². The molecule has 1 saturated heterocycles. The number of hydrogen-bond donors (Lipinski definition) is 2. The molecule has 2 aromatic rings. The highest BCUT2D eigenvalue weighted by molar-refractivity contribution is 5.86. The van der Waals surface area contributed by atoms with Crippen molar-refractivity contribution in [1.82, 2.24) is 10.2 Å². The number of ether oxygens (including phenoxy) is 1. The van der Waals surface area contributed by atoms with Crippen LogP contribution in [-0.4, -0.2) is 53.2 Å². The Morgan fingerprint density at radius 1 is 0.970 bits per heavy atom. The Kier molecular flexibility index (Phi) is 5.79. The van der Waals surface area contributed by atoms with Gasteiger partial charge in [0, 0.05) is 24.4 Å². The minimum Gasteiger partial charge on any atom is -0.480 e. The zero-order chi connectivity index (χ0) is 22.9. The number of carboxylic acids is 1. The fraction of sp³-hybridized carbons (Fsp3) is 0.423. The van der Waals surface area contributed by atoms with Crippen LogP contribution in [-0.2, 0) is 14.3 Å². The van der Waals surface area contributed by atoms with E-state index in [0.29, 0.717) is 25.8 Å². The SMILES string of the molecule is O=C(NC1CC(C(=O)N2CCCCC2C(=O)O)C1)OCC1c2ccccc2-c2ccccc21. The van der Waals surface area contributed by atoms with Crippen LogP contribution >= 0.6 is 0 Å². The molecule has 2 aromatic carbocycles. The van der Waals surface area contributed by atoms with Crippen molar-refractivity contribution in [3.63, 3.8) is 0 Å².